The normalized spacial score (nSPS) is 17.6. The summed E-state index contributed by atoms with van der Waals surface area (Å²) in [6, 6.07) is 0.459. The number of hydrogen-bond donors (Lipinski definition) is 1. The minimum absolute atomic E-state index is 0.00412. The van der Waals surface area contributed by atoms with E-state index in [0.29, 0.717) is 19.1 Å². The van der Waals surface area contributed by atoms with Gasteiger partial charge in [-0.25, -0.2) is 0 Å². The van der Waals surface area contributed by atoms with Crippen LogP contribution >= 0.6 is 0 Å². The molecule has 0 aromatic rings. The lowest BCUT2D eigenvalue weighted by atomic mass is 10.1. The van der Waals surface area contributed by atoms with E-state index in [0.717, 1.165) is 19.3 Å². The van der Waals surface area contributed by atoms with E-state index < -0.39 is 0 Å². The molecular formula is C11H20N2O. The fraction of sp³-hybridized carbons (Fsp3) is 0.727. The predicted octanol–water partition coefficient (Wildman–Crippen LogP) is 1.15. The van der Waals surface area contributed by atoms with E-state index >= 15 is 0 Å². The highest BCUT2D eigenvalue weighted by Crippen LogP contribution is 2.28. The Kier molecular flexibility index (Phi) is 4.14. The number of hydrogen-bond acceptors (Lipinski definition) is 2. The summed E-state index contributed by atoms with van der Waals surface area (Å²) in [7, 11) is 0. The molecule has 80 valence electrons. The highest BCUT2D eigenvalue weighted by Gasteiger charge is 2.33. The minimum Gasteiger partial charge on any atom is -0.336 e. The van der Waals surface area contributed by atoms with Crippen molar-refractivity contribution < 1.29 is 4.79 Å². The third kappa shape index (κ3) is 2.58. The highest BCUT2D eigenvalue weighted by atomic mass is 16.2. The first-order chi connectivity index (χ1) is 6.74. The van der Waals surface area contributed by atoms with Gasteiger partial charge in [0.05, 0.1) is 5.92 Å². The van der Waals surface area contributed by atoms with Gasteiger partial charge >= 0.3 is 0 Å². The molecule has 0 radical (unpaired) electrons. The van der Waals surface area contributed by atoms with Gasteiger partial charge in [0.25, 0.3) is 0 Å². The molecule has 1 aliphatic rings. The van der Waals surface area contributed by atoms with Gasteiger partial charge in [0.2, 0.25) is 5.91 Å². The molecule has 1 rings (SSSR count). The first-order valence-corrected chi connectivity index (χ1v) is 5.36. The number of carbonyl (C=O) groups is 1. The predicted molar refractivity (Wildman–Crippen MR) is 57.8 cm³/mol. The van der Waals surface area contributed by atoms with Gasteiger partial charge in [0, 0.05) is 19.1 Å². The van der Waals surface area contributed by atoms with Crippen LogP contribution in [0.25, 0.3) is 0 Å². The van der Waals surface area contributed by atoms with Crippen molar-refractivity contribution in [2.75, 3.05) is 13.1 Å². The summed E-state index contributed by atoms with van der Waals surface area (Å²) < 4.78 is 0. The topological polar surface area (TPSA) is 46.3 Å². The van der Waals surface area contributed by atoms with Gasteiger partial charge in [0.1, 0.15) is 0 Å². The average Bonchev–Trinajstić information content (AvgIpc) is 2.99. The summed E-state index contributed by atoms with van der Waals surface area (Å²) in [4.78, 5) is 13.9. The molecule has 1 amide bonds. The molecule has 1 atom stereocenters. The maximum Gasteiger partial charge on any atom is 0.227 e. The van der Waals surface area contributed by atoms with Crippen molar-refractivity contribution >= 4 is 5.91 Å². The standard InChI is InChI=1S/C11H20N2O/c1-3-7-13(10-5-6-10)11(14)9(4-2)8-12/h3,9-10H,1,4-8,12H2,2H3. The van der Waals surface area contributed by atoms with Crippen molar-refractivity contribution in [2.45, 2.75) is 32.2 Å². The molecule has 3 heteroatoms. The Bertz CT molecular complexity index is 207. The van der Waals surface area contributed by atoms with Crippen molar-refractivity contribution in [3.05, 3.63) is 12.7 Å². The minimum atomic E-state index is -0.00412. The monoisotopic (exact) mass is 196 g/mol. The number of nitrogens with two attached hydrogens (primary N) is 1. The molecule has 0 aliphatic heterocycles. The zero-order valence-electron chi connectivity index (χ0n) is 8.91. The molecule has 0 aromatic heterocycles. The summed E-state index contributed by atoms with van der Waals surface area (Å²) >= 11 is 0. The van der Waals surface area contributed by atoms with Crippen LogP contribution in [0, 0.1) is 5.92 Å². The zero-order chi connectivity index (χ0) is 10.6. The third-order valence-corrected chi connectivity index (χ3v) is 2.72. The van der Waals surface area contributed by atoms with Crippen molar-refractivity contribution in [3.63, 3.8) is 0 Å². The molecule has 14 heavy (non-hydrogen) atoms. The van der Waals surface area contributed by atoms with Crippen molar-refractivity contribution in [1.82, 2.24) is 4.90 Å². The lowest BCUT2D eigenvalue weighted by Crippen LogP contribution is -2.40. The summed E-state index contributed by atoms with van der Waals surface area (Å²) in [5, 5.41) is 0. The van der Waals surface area contributed by atoms with Gasteiger partial charge < -0.3 is 10.6 Å². The molecular weight excluding hydrogens is 176 g/mol. The summed E-state index contributed by atoms with van der Waals surface area (Å²) in [5.74, 6) is 0.202. The zero-order valence-corrected chi connectivity index (χ0v) is 8.91. The first kappa shape index (κ1) is 11.2. The van der Waals surface area contributed by atoms with Crippen molar-refractivity contribution in [1.29, 1.82) is 0 Å². The van der Waals surface area contributed by atoms with Crippen LogP contribution in [0.5, 0.6) is 0 Å². The van der Waals surface area contributed by atoms with Crippen LogP contribution in [-0.4, -0.2) is 29.9 Å². The van der Waals surface area contributed by atoms with E-state index in [4.69, 9.17) is 5.73 Å². The second-order valence-corrected chi connectivity index (χ2v) is 3.85. The quantitative estimate of drug-likeness (QED) is 0.648. The Labute approximate surface area is 86.0 Å². The lowest BCUT2D eigenvalue weighted by molar-refractivity contribution is -0.135. The number of rotatable bonds is 6. The van der Waals surface area contributed by atoms with Crippen molar-refractivity contribution in [2.24, 2.45) is 11.7 Å². The molecule has 1 fully saturated rings. The average molecular weight is 196 g/mol. The van der Waals surface area contributed by atoms with E-state index in [-0.39, 0.29) is 11.8 Å². The number of nitrogens with zero attached hydrogens (tertiary/aromatic N) is 1. The van der Waals surface area contributed by atoms with Crippen LogP contribution < -0.4 is 5.73 Å². The number of amides is 1. The molecule has 0 bridgehead atoms. The molecule has 2 N–H and O–H groups in total. The van der Waals surface area contributed by atoms with Crippen molar-refractivity contribution in [3.8, 4) is 0 Å². The van der Waals surface area contributed by atoms with Crippen LogP contribution in [0.4, 0.5) is 0 Å². The second-order valence-electron chi connectivity index (χ2n) is 3.85. The fourth-order valence-electron chi connectivity index (χ4n) is 1.62. The third-order valence-electron chi connectivity index (χ3n) is 2.72. The lowest BCUT2D eigenvalue weighted by Gasteiger charge is -2.25. The van der Waals surface area contributed by atoms with E-state index in [1.807, 2.05) is 11.8 Å². The Hall–Kier alpha value is -0.830. The van der Waals surface area contributed by atoms with Gasteiger partial charge in [0.15, 0.2) is 0 Å². The molecule has 1 aliphatic carbocycles. The van der Waals surface area contributed by atoms with E-state index in [1.165, 1.54) is 0 Å². The summed E-state index contributed by atoms with van der Waals surface area (Å²) in [6.45, 7) is 6.81. The molecule has 3 nitrogen and oxygen atoms in total. The maximum atomic E-state index is 12.0. The maximum absolute atomic E-state index is 12.0. The van der Waals surface area contributed by atoms with Crippen LogP contribution in [-0.2, 0) is 4.79 Å². The fourth-order valence-corrected chi connectivity index (χ4v) is 1.62. The second kappa shape index (κ2) is 5.15. The first-order valence-electron chi connectivity index (χ1n) is 5.36. The van der Waals surface area contributed by atoms with E-state index in [9.17, 15) is 4.79 Å². The Morgan fingerprint density at radius 1 is 1.71 bits per heavy atom. The largest absolute Gasteiger partial charge is 0.336 e. The molecule has 1 saturated carbocycles. The van der Waals surface area contributed by atoms with Gasteiger partial charge in [-0.2, -0.15) is 0 Å². The van der Waals surface area contributed by atoms with Crippen LogP contribution in [0.3, 0.4) is 0 Å². The van der Waals surface area contributed by atoms with Crippen LogP contribution in [0.2, 0.25) is 0 Å². The molecule has 0 spiro atoms. The highest BCUT2D eigenvalue weighted by molar-refractivity contribution is 5.79. The molecule has 0 aromatic carbocycles. The molecule has 0 heterocycles. The van der Waals surface area contributed by atoms with Crippen LogP contribution in [0.15, 0.2) is 12.7 Å². The SMILES string of the molecule is C=CCN(C(=O)C(CC)CN)C1CC1. The van der Waals surface area contributed by atoms with Gasteiger partial charge in [-0.3, -0.25) is 4.79 Å². The van der Waals surface area contributed by atoms with Gasteiger partial charge in [-0.1, -0.05) is 13.0 Å². The summed E-state index contributed by atoms with van der Waals surface area (Å²) in [5.41, 5.74) is 5.57. The smallest absolute Gasteiger partial charge is 0.227 e. The van der Waals surface area contributed by atoms with Gasteiger partial charge in [-0.15, -0.1) is 6.58 Å². The van der Waals surface area contributed by atoms with Gasteiger partial charge in [-0.05, 0) is 19.3 Å². The number of carbonyl (C=O) groups excluding carboxylic acids is 1. The van der Waals surface area contributed by atoms with E-state index in [1.54, 1.807) is 6.08 Å². The van der Waals surface area contributed by atoms with Crippen LogP contribution in [0.1, 0.15) is 26.2 Å². The summed E-state index contributed by atoms with van der Waals surface area (Å²) in [6.07, 6.45) is 4.90. The molecule has 1 unspecified atom stereocenters. The Balaban J connectivity index is 2.56. The van der Waals surface area contributed by atoms with E-state index in [2.05, 4.69) is 6.58 Å². The molecule has 0 saturated heterocycles. The Morgan fingerprint density at radius 2 is 2.36 bits per heavy atom. The Morgan fingerprint density at radius 3 is 2.71 bits per heavy atom.